The van der Waals surface area contributed by atoms with Gasteiger partial charge >= 0.3 is 0 Å². The van der Waals surface area contributed by atoms with Crippen molar-refractivity contribution in [3.8, 4) is 5.75 Å². The van der Waals surface area contributed by atoms with Crippen molar-refractivity contribution in [3.63, 3.8) is 0 Å². The average molecular weight is 322 g/mol. The van der Waals surface area contributed by atoms with E-state index in [1.54, 1.807) is 6.26 Å². The standard InChI is InChI=1S/C15H16BrNO2/c16-12-1-5-14(6-2-12)19-10-15-7-11(9-18-15)8-17-13-3-4-13/h1-2,5-7,9,13,17H,3-4,8,10H2. The molecule has 0 saturated heterocycles. The number of rotatable bonds is 6. The van der Waals surface area contributed by atoms with E-state index in [2.05, 4.69) is 21.2 Å². The third-order valence-electron chi connectivity index (χ3n) is 3.08. The zero-order valence-corrected chi connectivity index (χ0v) is 12.2. The number of benzene rings is 1. The van der Waals surface area contributed by atoms with Crippen molar-refractivity contribution in [1.29, 1.82) is 0 Å². The Morgan fingerprint density at radius 2 is 2.05 bits per heavy atom. The molecule has 0 unspecified atom stereocenters. The van der Waals surface area contributed by atoms with Gasteiger partial charge in [0.2, 0.25) is 0 Å². The van der Waals surface area contributed by atoms with Gasteiger partial charge in [0.1, 0.15) is 18.1 Å². The van der Waals surface area contributed by atoms with E-state index in [1.165, 1.54) is 18.4 Å². The monoisotopic (exact) mass is 321 g/mol. The highest BCUT2D eigenvalue weighted by molar-refractivity contribution is 9.10. The van der Waals surface area contributed by atoms with Crippen LogP contribution < -0.4 is 10.1 Å². The second-order valence-electron chi connectivity index (χ2n) is 4.82. The second kappa shape index (κ2) is 5.80. The van der Waals surface area contributed by atoms with Crippen LogP contribution in [0, 0.1) is 0 Å². The molecule has 1 aliphatic carbocycles. The highest BCUT2D eigenvalue weighted by atomic mass is 79.9. The summed E-state index contributed by atoms with van der Waals surface area (Å²) in [5.74, 6) is 1.70. The lowest BCUT2D eigenvalue weighted by Crippen LogP contribution is -2.14. The Balaban J connectivity index is 1.50. The van der Waals surface area contributed by atoms with Gasteiger partial charge in [-0.2, -0.15) is 0 Å². The Labute approximate surface area is 121 Å². The number of hydrogen-bond acceptors (Lipinski definition) is 3. The van der Waals surface area contributed by atoms with Crippen molar-refractivity contribution < 1.29 is 9.15 Å². The lowest BCUT2D eigenvalue weighted by atomic mass is 10.3. The van der Waals surface area contributed by atoms with Crippen LogP contribution in [0.25, 0.3) is 0 Å². The Bertz CT molecular complexity index is 531. The molecule has 19 heavy (non-hydrogen) atoms. The fourth-order valence-corrected chi connectivity index (χ4v) is 2.09. The van der Waals surface area contributed by atoms with Crippen LogP contribution in [0.1, 0.15) is 24.2 Å². The third-order valence-corrected chi connectivity index (χ3v) is 3.60. The summed E-state index contributed by atoms with van der Waals surface area (Å²) in [5, 5.41) is 3.46. The van der Waals surface area contributed by atoms with Gasteiger partial charge in [-0.1, -0.05) is 15.9 Å². The van der Waals surface area contributed by atoms with Gasteiger partial charge in [0.25, 0.3) is 0 Å². The molecule has 4 heteroatoms. The molecule has 1 N–H and O–H groups in total. The fourth-order valence-electron chi connectivity index (χ4n) is 1.83. The summed E-state index contributed by atoms with van der Waals surface area (Å²) in [6.07, 6.45) is 4.41. The summed E-state index contributed by atoms with van der Waals surface area (Å²) in [7, 11) is 0. The normalized spacial score (nSPS) is 14.6. The summed E-state index contributed by atoms with van der Waals surface area (Å²) >= 11 is 3.40. The SMILES string of the molecule is Brc1ccc(OCc2cc(CNC3CC3)co2)cc1. The summed E-state index contributed by atoms with van der Waals surface area (Å²) < 4.78 is 12.2. The van der Waals surface area contributed by atoms with Crippen LogP contribution in [0.5, 0.6) is 5.75 Å². The summed E-state index contributed by atoms with van der Waals surface area (Å²) in [6.45, 7) is 1.34. The molecule has 1 aromatic carbocycles. The molecule has 3 rings (SSSR count). The molecule has 0 bridgehead atoms. The highest BCUT2D eigenvalue weighted by Gasteiger charge is 2.20. The lowest BCUT2D eigenvalue weighted by molar-refractivity contribution is 0.270. The smallest absolute Gasteiger partial charge is 0.146 e. The molecule has 1 aliphatic rings. The van der Waals surface area contributed by atoms with Crippen molar-refractivity contribution in [2.75, 3.05) is 0 Å². The average Bonchev–Trinajstić information content (AvgIpc) is 3.15. The van der Waals surface area contributed by atoms with Crippen LogP contribution in [0.4, 0.5) is 0 Å². The minimum absolute atomic E-state index is 0.463. The Hall–Kier alpha value is -1.26. The van der Waals surface area contributed by atoms with Gasteiger partial charge in [0.15, 0.2) is 0 Å². The predicted octanol–water partition coefficient (Wildman–Crippen LogP) is 3.87. The van der Waals surface area contributed by atoms with Crippen LogP contribution in [0.2, 0.25) is 0 Å². The molecule has 1 fully saturated rings. The van der Waals surface area contributed by atoms with Crippen LogP contribution in [-0.2, 0) is 13.2 Å². The molecule has 100 valence electrons. The predicted molar refractivity (Wildman–Crippen MR) is 77.0 cm³/mol. The highest BCUT2D eigenvalue weighted by Crippen LogP contribution is 2.20. The number of nitrogens with one attached hydrogen (secondary N) is 1. The third kappa shape index (κ3) is 3.85. The molecular weight excluding hydrogens is 306 g/mol. The maximum absolute atomic E-state index is 5.66. The summed E-state index contributed by atoms with van der Waals surface area (Å²) in [6, 6.07) is 10.6. The molecule has 0 amide bonds. The van der Waals surface area contributed by atoms with Crippen LogP contribution >= 0.6 is 15.9 Å². The number of halogens is 1. The minimum atomic E-state index is 0.463. The van der Waals surface area contributed by atoms with E-state index in [0.29, 0.717) is 6.61 Å². The first kappa shape index (κ1) is 12.8. The summed E-state index contributed by atoms with van der Waals surface area (Å²) in [5.41, 5.74) is 1.18. The molecule has 1 saturated carbocycles. The molecule has 3 nitrogen and oxygen atoms in total. The largest absolute Gasteiger partial charge is 0.486 e. The molecule has 1 heterocycles. The molecule has 1 aromatic heterocycles. The van der Waals surface area contributed by atoms with E-state index >= 15 is 0 Å². The van der Waals surface area contributed by atoms with Gasteiger partial charge in [-0.25, -0.2) is 0 Å². The first-order valence-electron chi connectivity index (χ1n) is 6.47. The molecule has 0 spiro atoms. The van der Waals surface area contributed by atoms with Gasteiger partial charge in [0, 0.05) is 22.6 Å². The molecule has 2 aromatic rings. The van der Waals surface area contributed by atoms with Crippen LogP contribution in [-0.4, -0.2) is 6.04 Å². The fraction of sp³-hybridized carbons (Fsp3) is 0.333. The first-order valence-corrected chi connectivity index (χ1v) is 7.27. The van der Waals surface area contributed by atoms with E-state index < -0.39 is 0 Å². The topological polar surface area (TPSA) is 34.4 Å². The quantitative estimate of drug-likeness (QED) is 0.877. The Morgan fingerprint density at radius 3 is 2.79 bits per heavy atom. The number of furan rings is 1. The van der Waals surface area contributed by atoms with Crippen molar-refractivity contribution in [1.82, 2.24) is 5.32 Å². The van der Waals surface area contributed by atoms with E-state index in [9.17, 15) is 0 Å². The Kier molecular flexibility index (Phi) is 3.89. The maximum atomic E-state index is 5.66. The minimum Gasteiger partial charge on any atom is -0.486 e. The van der Waals surface area contributed by atoms with Gasteiger partial charge in [-0.05, 0) is 43.2 Å². The van der Waals surface area contributed by atoms with Crippen molar-refractivity contribution in [2.45, 2.75) is 32.0 Å². The molecule has 0 atom stereocenters. The lowest BCUT2D eigenvalue weighted by Gasteiger charge is -2.03. The van der Waals surface area contributed by atoms with Gasteiger partial charge in [-0.15, -0.1) is 0 Å². The van der Waals surface area contributed by atoms with E-state index in [4.69, 9.17) is 9.15 Å². The van der Waals surface area contributed by atoms with Crippen molar-refractivity contribution >= 4 is 15.9 Å². The zero-order valence-electron chi connectivity index (χ0n) is 10.6. The maximum Gasteiger partial charge on any atom is 0.146 e. The molecule has 0 aliphatic heterocycles. The van der Waals surface area contributed by atoms with Crippen LogP contribution in [0.3, 0.4) is 0 Å². The Morgan fingerprint density at radius 1 is 1.26 bits per heavy atom. The van der Waals surface area contributed by atoms with E-state index in [1.807, 2.05) is 30.3 Å². The zero-order chi connectivity index (χ0) is 13.1. The van der Waals surface area contributed by atoms with Crippen LogP contribution in [0.15, 0.2) is 45.5 Å². The van der Waals surface area contributed by atoms with E-state index in [0.717, 1.165) is 28.6 Å². The second-order valence-corrected chi connectivity index (χ2v) is 5.73. The molecule has 0 radical (unpaired) electrons. The molecular formula is C15H16BrNO2. The van der Waals surface area contributed by atoms with E-state index in [-0.39, 0.29) is 0 Å². The van der Waals surface area contributed by atoms with Crippen molar-refractivity contribution in [2.24, 2.45) is 0 Å². The number of ether oxygens (including phenoxy) is 1. The van der Waals surface area contributed by atoms with Gasteiger partial charge < -0.3 is 14.5 Å². The van der Waals surface area contributed by atoms with Crippen molar-refractivity contribution in [3.05, 3.63) is 52.4 Å². The van der Waals surface area contributed by atoms with Gasteiger partial charge in [0.05, 0.1) is 6.26 Å². The number of hydrogen-bond donors (Lipinski definition) is 1. The summed E-state index contributed by atoms with van der Waals surface area (Å²) in [4.78, 5) is 0. The van der Waals surface area contributed by atoms with Gasteiger partial charge in [-0.3, -0.25) is 0 Å². The first-order chi connectivity index (χ1) is 9.29.